The largest absolute Gasteiger partial charge is 0.481 e. The van der Waals surface area contributed by atoms with Crippen LogP contribution >= 0.6 is 0 Å². The molecule has 0 bridgehead atoms. The normalized spacial score (nSPS) is 20.5. The van der Waals surface area contributed by atoms with Crippen LogP contribution in [0.2, 0.25) is 0 Å². The zero-order chi connectivity index (χ0) is 8.81. The third-order valence-electron chi connectivity index (χ3n) is 1.27. The SMILES string of the molecule is O=C(O)CCO[C@@H]1C=CC=CO1. The summed E-state index contributed by atoms with van der Waals surface area (Å²) >= 11 is 0. The Morgan fingerprint density at radius 1 is 1.58 bits per heavy atom. The van der Waals surface area contributed by atoms with Gasteiger partial charge in [0.15, 0.2) is 0 Å². The van der Waals surface area contributed by atoms with Crippen molar-refractivity contribution in [3.8, 4) is 0 Å². The topological polar surface area (TPSA) is 55.8 Å². The summed E-state index contributed by atoms with van der Waals surface area (Å²) in [4.78, 5) is 10.1. The molecular weight excluding hydrogens is 160 g/mol. The molecule has 1 rings (SSSR count). The molecule has 1 aliphatic rings. The first kappa shape index (κ1) is 8.80. The van der Waals surface area contributed by atoms with Gasteiger partial charge in [-0.05, 0) is 12.2 Å². The van der Waals surface area contributed by atoms with Crippen molar-refractivity contribution in [3.63, 3.8) is 0 Å². The van der Waals surface area contributed by atoms with Gasteiger partial charge < -0.3 is 14.6 Å². The number of allylic oxidation sites excluding steroid dienone is 2. The van der Waals surface area contributed by atoms with Crippen molar-refractivity contribution in [2.45, 2.75) is 12.7 Å². The Hall–Kier alpha value is -1.29. The van der Waals surface area contributed by atoms with E-state index >= 15 is 0 Å². The highest BCUT2D eigenvalue weighted by atomic mass is 16.7. The molecule has 0 radical (unpaired) electrons. The summed E-state index contributed by atoms with van der Waals surface area (Å²) < 4.78 is 10.0. The second kappa shape index (κ2) is 4.56. The molecule has 1 heterocycles. The van der Waals surface area contributed by atoms with Gasteiger partial charge in [-0.3, -0.25) is 4.79 Å². The van der Waals surface area contributed by atoms with Crippen LogP contribution in [0.4, 0.5) is 0 Å². The van der Waals surface area contributed by atoms with Crippen LogP contribution in [0.5, 0.6) is 0 Å². The smallest absolute Gasteiger partial charge is 0.305 e. The highest BCUT2D eigenvalue weighted by Gasteiger charge is 2.06. The van der Waals surface area contributed by atoms with E-state index < -0.39 is 12.3 Å². The van der Waals surface area contributed by atoms with Crippen LogP contribution in [-0.2, 0) is 14.3 Å². The Labute approximate surface area is 70.1 Å². The number of carboxylic acid groups (broad SMARTS) is 1. The van der Waals surface area contributed by atoms with Gasteiger partial charge in [-0.1, -0.05) is 6.08 Å². The lowest BCUT2D eigenvalue weighted by molar-refractivity contribution is -0.140. The second-order valence-corrected chi connectivity index (χ2v) is 2.23. The summed E-state index contributed by atoms with van der Waals surface area (Å²) in [6, 6.07) is 0. The first-order valence-electron chi connectivity index (χ1n) is 3.61. The summed E-state index contributed by atoms with van der Waals surface area (Å²) in [7, 11) is 0. The van der Waals surface area contributed by atoms with Crippen LogP contribution in [0.3, 0.4) is 0 Å². The molecule has 0 fully saturated rings. The number of carbonyl (C=O) groups is 1. The average Bonchev–Trinajstić information content (AvgIpc) is 2.05. The quantitative estimate of drug-likeness (QED) is 0.681. The third kappa shape index (κ3) is 3.21. The Balaban J connectivity index is 2.11. The number of carboxylic acids is 1. The molecule has 0 spiro atoms. The molecule has 0 aromatic carbocycles. The van der Waals surface area contributed by atoms with E-state index in [1.807, 2.05) is 0 Å². The number of rotatable bonds is 4. The van der Waals surface area contributed by atoms with E-state index in [2.05, 4.69) is 0 Å². The Morgan fingerprint density at radius 2 is 2.42 bits per heavy atom. The molecule has 12 heavy (non-hydrogen) atoms. The van der Waals surface area contributed by atoms with E-state index in [0.717, 1.165) is 0 Å². The Morgan fingerprint density at radius 3 is 3.00 bits per heavy atom. The van der Waals surface area contributed by atoms with Crippen molar-refractivity contribution < 1.29 is 19.4 Å². The Bertz CT molecular complexity index is 207. The van der Waals surface area contributed by atoms with Crippen LogP contribution in [0.1, 0.15) is 6.42 Å². The van der Waals surface area contributed by atoms with E-state index in [1.54, 1.807) is 18.2 Å². The molecule has 1 N–H and O–H groups in total. The highest BCUT2D eigenvalue weighted by Crippen LogP contribution is 2.03. The fourth-order valence-electron chi connectivity index (χ4n) is 0.726. The number of aliphatic carboxylic acids is 1. The zero-order valence-corrected chi connectivity index (χ0v) is 6.47. The maximum absolute atomic E-state index is 10.1. The van der Waals surface area contributed by atoms with Crippen LogP contribution in [0.25, 0.3) is 0 Å². The highest BCUT2D eigenvalue weighted by molar-refractivity contribution is 5.66. The van der Waals surface area contributed by atoms with Crippen LogP contribution in [-0.4, -0.2) is 24.0 Å². The van der Waals surface area contributed by atoms with E-state index in [-0.39, 0.29) is 13.0 Å². The van der Waals surface area contributed by atoms with Crippen molar-refractivity contribution in [1.82, 2.24) is 0 Å². The molecule has 0 amide bonds. The van der Waals surface area contributed by atoms with E-state index in [9.17, 15) is 4.79 Å². The average molecular weight is 170 g/mol. The lowest BCUT2D eigenvalue weighted by Gasteiger charge is -2.14. The Kier molecular flexibility index (Phi) is 3.35. The van der Waals surface area contributed by atoms with Gasteiger partial charge >= 0.3 is 5.97 Å². The summed E-state index contributed by atoms with van der Waals surface area (Å²) in [5.74, 6) is -0.870. The molecule has 4 heteroatoms. The second-order valence-electron chi connectivity index (χ2n) is 2.23. The van der Waals surface area contributed by atoms with Crippen molar-refractivity contribution in [2.24, 2.45) is 0 Å². The number of ether oxygens (including phenoxy) is 2. The van der Waals surface area contributed by atoms with E-state index in [0.29, 0.717) is 0 Å². The molecule has 0 saturated carbocycles. The van der Waals surface area contributed by atoms with Gasteiger partial charge in [0.1, 0.15) is 0 Å². The van der Waals surface area contributed by atoms with Gasteiger partial charge in [0.05, 0.1) is 19.3 Å². The molecule has 0 aromatic heterocycles. The van der Waals surface area contributed by atoms with Crippen molar-refractivity contribution in [3.05, 3.63) is 24.5 Å². The van der Waals surface area contributed by atoms with Crippen molar-refractivity contribution in [2.75, 3.05) is 6.61 Å². The molecule has 1 atom stereocenters. The molecule has 1 aliphatic heterocycles. The van der Waals surface area contributed by atoms with E-state index in [4.69, 9.17) is 14.6 Å². The predicted molar refractivity (Wildman–Crippen MR) is 41.4 cm³/mol. The minimum Gasteiger partial charge on any atom is -0.481 e. The molecule has 4 nitrogen and oxygen atoms in total. The van der Waals surface area contributed by atoms with Crippen LogP contribution in [0.15, 0.2) is 24.5 Å². The molecule has 66 valence electrons. The zero-order valence-electron chi connectivity index (χ0n) is 6.47. The summed E-state index contributed by atoms with van der Waals surface area (Å²) in [5.41, 5.74) is 0. The lowest BCUT2D eigenvalue weighted by atomic mass is 10.4. The van der Waals surface area contributed by atoms with Crippen molar-refractivity contribution >= 4 is 5.97 Å². The third-order valence-corrected chi connectivity index (χ3v) is 1.27. The van der Waals surface area contributed by atoms with Gasteiger partial charge in [-0.2, -0.15) is 0 Å². The van der Waals surface area contributed by atoms with E-state index in [1.165, 1.54) is 6.26 Å². The standard InChI is InChI=1S/C8H10O4/c9-7(10)4-6-12-8-3-1-2-5-11-8/h1-3,5,8H,4,6H2,(H,9,10)/t8-/m1/s1. The maximum atomic E-state index is 10.1. The van der Waals surface area contributed by atoms with Gasteiger partial charge in [0, 0.05) is 0 Å². The molecule has 0 saturated heterocycles. The fraction of sp³-hybridized carbons (Fsp3) is 0.375. The molecule has 0 unspecified atom stereocenters. The first-order chi connectivity index (χ1) is 5.79. The lowest BCUT2D eigenvalue weighted by Crippen LogP contribution is -2.15. The van der Waals surface area contributed by atoms with Gasteiger partial charge in [-0.15, -0.1) is 0 Å². The summed E-state index contributed by atoms with van der Waals surface area (Å²) in [6.45, 7) is 0.165. The first-order valence-corrected chi connectivity index (χ1v) is 3.61. The van der Waals surface area contributed by atoms with Crippen LogP contribution < -0.4 is 0 Å². The molecule has 0 aliphatic carbocycles. The minimum atomic E-state index is -0.870. The maximum Gasteiger partial charge on any atom is 0.305 e. The van der Waals surface area contributed by atoms with Gasteiger partial charge in [0.25, 0.3) is 0 Å². The van der Waals surface area contributed by atoms with Gasteiger partial charge in [0.2, 0.25) is 6.29 Å². The number of hydrogen-bond acceptors (Lipinski definition) is 3. The van der Waals surface area contributed by atoms with Crippen LogP contribution in [0, 0.1) is 0 Å². The monoisotopic (exact) mass is 170 g/mol. The summed E-state index contributed by atoms with van der Waals surface area (Å²) in [5, 5.41) is 8.29. The number of hydrogen-bond donors (Lipinski definition) is 1. The summed E-state index contributed by atoms with van der Waals surface area (Å²) in [6.07, 6.45) is 6.30. The van der Waals surface area contributed by atoms with Crippen molar-refractivity contribution in [1.29, 1.82) is 0 Å². The molecule has 0 aromatic rings. The predicted octanol–water partition coefficient (Wildman–Crippen LogP) is 0.904. The fourth-order valence-corrected chi connectivity index (χ4v) is 0.726. The van der Waals surface area contributed by atoms with Gasteiger partial charge in [-0.25, -0.2) is 0 Å². The molecular formula is C8H10O4. The minimum absolute atomic E-state index is 0.00257.